The summed E-state index contributed by atoms with van der Waals surface area (Å²) in [6, 6.07) is 0. The Morgan fingerprint density at radius 1 is 1.90 bits per heavy atom. The van der Waals surface area contributed by atoms with Crippen LogP contribution in [0.4, 0.5) is 11.5 Å². The maximum Gasteiger partial charge on any atom is 0.212 e. The summed E-state index contributed by atoms with van der Waals surface area (Å²) in [6.07, 6.45) is 2.04. The lowest BCUT2D eigenvalue weighted by molar-refractivity contribution is -0.105. The van der Waals surface area contributed by atoms with Gasteiger partial charge in [0.1, 0.15) is 0 Å². The smallest absolute Gasteiger partial charge is 0.212 e. The maximum atomic E-state index is 9.97. The van der Waals surface area contributed by atoms with Crippen LogP contribution >= 0.6 is 0 Å². The highest BCUT2D eigenvalue weighted by Crippen LogP contribution is 2.13. The number of nitrogen functional groups attached to an aromatic ring is 1. The first-order chi connectivity index (χ1) is 4.75. The second kappa shape index (κ2) is 2.38. The van der Waals surface area contributed by atoms with Gasteiger partial charge in [0.25, 0.3) is 0 Å². The van der Waals surface area contributed by atoms with Crippen LogP contribution in [0.15, 0.2) is 6.20 Å². The summed E-state index contributed by atoms with van der Waals surface area (Å²) in [5.41, 5.74) is 5.89. The van der Waals surface area contributed by atoms with E-state index in [4.69, 9.17) is 5.73 Å². The van der Waals surface area contributed by atoms with E-state index in [1.54, 1.807) is 7.05 Å². The Kier molecular flexibility index (Phi) is 1.57. The van der Waals surface area contributed by atoms with E-state index in [9.17, 15) is 4.79 Å². The highest BCUT2D eigenvalue weighted by atomic mass is 16.1. The van der Waals surface area contributed by atoms with Crippen molar-refractivity contribution in [2.45, 2.75) is 0 Å². The quantitative estimate of drug-likeness (QED) is 0.547. The number of carbonyl (C=O) groups is 1. The van der Waals surface area contributed by atoms with Gasteiger partial charge in [0, 0.05) is 7.05 Å². The van der Waals surface area contributed by atoms with Gasteiger partial charge in [0.15, 0.2) is 5.82 Å². The summed E-state index contributed by atoms with van der Waals surface area (Å²) in [6.45, 7) is 0. The van der Waals surface area contributed by atoms with Crippen LogP contribution in [0.5, 0.6) is 0 Å². The number of amides is 1. The van der Waals surface area contributed by atoms with Crippen LogP contribution in [0.1, 0.15) is 0 Å². The molecule has 0 spiro atoms. The molecule has 1 amide bonds. The molecular weight excluding hydrogens is 132 g/mol. The second-order valence-electron chi connectivity index (χ2n) is 1.83. The Labute approximate surface area is 57.8 Å². The Morgan fingerprint density at radius 2 is 2.60 bits per heavy atom. The van der Waals surface area contributed by atoms with Crippen molar-refractivity contribution in [3.63, 3.8) is 0 Å². The number of hydrogen-bond acceptors (Lipinski definition) is 3. The minimum atomic E-state index is 0.467. The standard InChI is InChI=1S/C5H8N4O/c1-9-5(7-3-10)4(6)2-8-9/h2-3H,6H2,1H3,(H,7,10). The van der Waals surface area contributed by atoms with Crippen LogP contribution in [0.25, 0.3) is 0 Å². The largest absolute Gasteiger partial charge is 0.394 e. The van der Waals surface area contributed by atoms with Gasteiger partial charge in [-0.1, -0.05) is 0 Å². The number of rotatable bonds is 2. The van der Waals surface area contributed by atoms with Crippen LogP contribution in [0.3, 0.4) is 0 Å². The molecular formula is C5H8N4O. The predicted molar refractivity (Wildman–Crippen MR) is 37.3 cm³/mol. The second-order valence-corrected chi connectivity index (χ2v) is 1.83. The highest BCUT2D eigenvalue weighted by molar-refractivity contribution is 5.76. The molecule has 0 unspecified atom stereocenters. The van der Waals surface area contributed by atoms with E-state index in [2.05, 4.69) is 10.4 Å². The minimum Gasteiger partial charge on any atom is -0.394 e. The van der Waals surface area contributed by atoms with Gasteiger partial charge in [-0.3, -0.25) is 9.48 Å². The zero-order chi connectivity index (χ0) is 7.56. The number of nitrogens with two attached hydrogens (primary N) is 1. The van der Waals surface area contributed by atoms with Gasteiger partial charge in [-0.25, -0.2) is 0 Å². The number of aromatic nitrogens is 2. The fourth-order valence-corrected chi connectivity index (χ4v) is 0.687. The molecule has 0 aliphatic carbocycles. The summed E-state index contributed by atoms with van der Waals surface area (Å²) >= 11 is 0. The Balaban J connectivity index is 2.97. The third kappa shape index (κ3) is 0.928. The number of nitrogens with zero attached hydrogens (tertiary/aromatic N) is 2. The first-order valence-electron chi connectivity index (χ1n) is 2.73. The lowest BCUT2D eigenvalue weighted by atomic mass is 10.5. The van der Waals surface area contributed by atoms with Crippen LogP contribution in [0, 0.1) is 0 Å². The Bertz CT molecular complexity index is 222. The number of hydrogen-bond donors (Lipinski definition) is 2. The molecule has 0 aliphatic heterocycles. The summed E-state index contributed by atoms with van der Waals surface area (Å²) in [7, 11) is 1.70. The molecule has 0 bridgehead atoms. The molecule has 0 atom stereocenters. The van der Waals surface area contributed by atoms with E-state index in [0.29, 0.717) is 17.9 Å². The molecule has 10 heavy (non-hydrogen) atoms. The van der Waals surface area contributed by atoms with Gasteiger partial charge in [-0.2, -0.15) is 5.10 Å². The summed E-state index contributed by atoms with van der Waals surface area (Å²) in [5.74, 6) is 0.523. The van der Waals surface area contributed by atoms with E-state index in [0.717, 1.165) is 0 Å². The Hall–Kier alpha value is -1.52. The fraction of sp³-hybridized carbons (Fsp3) is 0.200. The average Bonchev–Trinajstić information content (AvgIpc) is 2.20. The van der Waals surface area contributed by atoms with Crippen molar-refractivity contribution in [3.8, 4) is 0 Å². The van der Waals surface area contributed by atoms with Crippen molar-refractivity contribution >= 4 is 17.9 Å². The lowest BCUT2D eigenvalue weighted by Gasteiger charge is -1.98. The highest BCUT2D eigenvalue weighted by Gasteiger charge is 2.01. The van der Waals surface area contributed by atoms with Crippen molar-refractivity contribution in [2.75, 3.05) is 11.1 Å². The third-order valence-corrected chi connectivity index (χ3v) is 1.16. The summed E-state index contributed by atoms with van der Waals surface area (Å²) in [4.78, 5) is 9.97. The van der Waals surface area contributed by atoms with E-state index in [-0.39, 0.29) is 0 Å². The molecule has 1 rings (SSSR count). The molecule has 0 saturated carbocycles. The molecule has 0 radical (unpaired) electrons. The normalized spacial score (nSPS) is 9.30. The van der Waals surface area contributed by atoms with E-state index >= 15 is 0 Å². The van der Waals surface area contributed by atoms with Crippen molar-refractivity contribution < 1.29 is 4.79 Å². The van der Waals surface area contributed by atoms with Crippen LogP contribution < -0.4 is 11.1 Å². The molecule has 3 N–H and O–H groups in total. The van der Waals surface area contributed by atoms with Crippen LogP contribution in [-0.4, -0.2) is 16.2 Å². The minimum absolute atomic E-state index is 0.467. The summed E-state index contributed by atoms with van der Waals surface area (Å²) < 4.78 is 1.49. The van der Waals surface area contributed by atoms with E-state index < -0.39 is 0 Å². The SMILES string of the molecule is Cn1ncc(N)c1NC=O. The molecule has 0 aromatic carbocycles. The molecule has 0 aliphatic rings. The maximum absolute atomic E-state index is 9.97. The average molecular weight is 140 g/mol. The zero-order valence-electron chi connectivity index (χ0n) is 5.53. The van der Waals surface area contributed by atoms with Gasteiger partial charge in [0.2, 0.25) is 6.41 Å². The van der Waals surface area contributed by atoms with Gasteiger partial charge >= 0.3 is 0 Å². The topological polar surface area (TPSA) is 72.9 Å². The number of nitrogens with one attached hydrogen (secondary N) is 1. The van der Waals surface area contributed by atoms with E-state index in [1.807, 2.05) is 0 Å². The zero-order valence-corrected chi connectivity index (χ0v) is 5.53. The lowest BCUT2D eigenvalue weighted by Crippen LogP contribution is -2.03. The van der Waals surface area contributed by atoms with Crippen molar-refractivity contribution in [1.82, 2.24) is 9.78 Å². The van der Waals surface area contributed by atoms with E-state index in [1.165, 1.54) is 10.9 Å². The van der Waals surface area contributed by atoms with Gasteiger partial charge < -0.3 is 11.1 Å². The first kappa shape index (κ1) is 6.60. The molecule has 1 aromatic rings. The Morgan fingerprint density at radius 3 is 3.00 bits per heavy atom. The molecule has 5 nitrogen and oxygen atoms in total. The molecule has 1 aromatic heterocycles. The molecule has 1 heterocycles. The van der Waals surface area contributed by atoms with Crippen molar-refractivity contribution in [3.05, 3.63) is 6.20 Å². The van der Waals surface area contributed by atoms with Crippen LogP contribution in [0.2, 0.25) is 0 Å². The van der Waals surface area contributed by atoms with Crippen molar-refractivity contribution in [2.24, 2.45) is 7.05 Å². The molecule has 0 fully saturated rings. The number of carbonyl (C=O) groups excluding carboxylic acids is 1. The first-order valence-corrected chi connectivity index (χ1v) is 2.73. The van der Waals surface area contributed by atoms with Gasteiger partial charge in [-0.15, -0.1) is 0 Å². The van der Waals surface area contributed by atoms with Crippen molar-refractivity contribution in [1.29, 1.82) is 0 Å². The monoisotopic (exact) mass is 140 g/mol. The van der Waals surface area contributed by atoms with Crippen LogP contribution in [-0.2, 0) is 11.8 Å². The molecule has 5 heteroatoms. The van der Waals surface area contributed by atoms with Gasteiger partial charge in [-0.05, 0) is 0 Å². The number of anilines is 2. The third-order valence-electron chi connectivity index (χ3n) is 1.16. The fourth-order valence-electron chi connectivity index (χ4n) is 0.687. The molecule has 54 valence electrons. The number of aryl methyl sites for hydroxylation is 1. The predicted octanol–water partition coefficient (Wildman–Crippen LogP) is -0.429. The van der Waals surface area contributed by atoms with Gasteiger partial charge in [0.05, 0.1) is 11.9 Å². The summed E-state index contributed by atoms with van der Waals surface area (Å²) in [5, 5.41) is 6.22. The molecule has 0 saturated heterocycles.